The zero-order valence-electron chi connectivity index (χ0n) is 23.6. The van der Waals surface area contributed by atoms with Crippen molar-refractivity contribution in [2.75, 3.05) is 69.8 Å². The minimum atomic E-state index is -0.494. The van der Waals surface area contributed by atoms with E-state index < -0.39 is 11.7 Å². The Morgan fingerprint density at radius 3 is 2.50 bits per heavy atom. The number of halogens is 1. The highest BCUT2D eigenvalue weighted by Gasteiger charge is 2.16. The molecule has 224 valence electrons. The molecule has 3 heterocycles. The molecule has 0 atom stereocenters. The number of rotatable bonds is 12. The van der Waals surface area contributed by atoms with E-state index in [1.165, 1.54) is 12.4 Å². The second-order valence-electron chi connectivity index (χ2n) is 10.4. The number of amides is 2. The maximum atomic E-state index is 15.2. The topological polar surface area (TPSA) is 127 Å². The lowest BCUT2D eigenvalue weighted by Gasteiger charge is -2.26. The van der Waals surface area contributed by atoms with Crippen LogP contribution in [-0.2, 0) is 19.1 Å². The Kier molecular flexibility index (Phi) is 10.5. The number of nitrogens with zero attached hydrogens (tertiary/aromatic N) is 3. The van der Waals surface area contributed by atoms with Crippen LogP contribution in [0.4, 0.5) is 21.6 Å². The first kappa shape index (κ1) is 29.6. The monoisotopic (exact) mass is 580 g/mol. The van der Waals surface area contributed by atoms with Crippen LogP contribution < -0.4 is 20.7 Å². The molecule has 3 N–H and O–H groups in total. The lowest BCUT2D eigenvalue weighted by Crippen LogP contribution is -2.38. The Morgan fingerprint density at radius 2 is 1.71 bits per heavy atom. The lowest BCUT2D eigenvalue weighted by molar-refractivity contribution is -0.126. The Labute approximate surface area is 244 Å². The third-order valence-electron chi connectivity index (χ3n) is 7.41. The maximum absolute atomic E-state index is 15.2. The third kappa shape index (κ3) is 8.57. The fraction of sp³-hybridized carbons (Fsp3) is 0.467. The molecule has 0 bridgehead atoms. The van der Waals surface area contributed by atoms with Gasteiger partial charge in [-0.25, -0.2) is 14.4 Å². The van der Waals surface area contributed by atoms with E-state index >= 15 is 4.39 Å². The predicted octanol–water partition coefficient (Wildman–Crippen LogP) is 3.49. The number of nitrogens with one attached hydrogen (secondary N) is 3. The van der Waals surface area contributed by atoms with Gasteiger partial charge in [-0.3, -0.25) is 14.5 Å². The number of aromatic nitrogens is 2. The molecule has 2 aromatic carbocycles. The van der Waals surface area contributed by atoms with Crippen LogP contribution in [0.5, 0.6) is 5.75 Å². The summed E-state index contributed by atoms with van der Waals surface area (Å²) in [5, 5.41) is 8.92. The highest BCUT2D eigenvalue weighted by molar-refractivity contribution is 6.03. The molecule has 0 unspecified atom stereocenters. The summed E-state index contributed by atoms with van der Waals surface area (Å²) in [7, 11) is 0. The third-order valence-corrected chi connectivity index (χ3v) is 7.41. The Balaban J connectivity index is 1.11. The standard InChI is InChI=1S/C30H37FN6O5/c31-25-17-24(42-16-11-37-9-14-41-15-10-37)18-26-29(25)30(34-20-33-26)36-23-3-1-22(2-4-23)35-28(39)19-27(38)32-8-5-21-6-12-40-13-7-21/h1-4,17-18,20-21H,5-16,19H2,(H,32,38)(H,35,39)(H,33,34,36). The van der Waals surface area contributed by atoms with E-state index in [1.807, 2.05) is 0 Å². The quantitative estimate of drug-likeness (QED) is 0.276. The molecule has 0 aliphatic carbocycles. The van der Waals surface area contributed by atoms with E-state index in [-0.39, 0.29) is 17.7 Å². The highest BCUT2D eigenvalue weighted by atomic mass is 19.1. The number of morpholine rings is 1. The van der Waals surface area contributed by atoms with E-state index in [0.717, 1.165) is 52.1 Å². The SMILES string of the molecule is O=C(CC(=O)Nc1ccc(Nc2ncnc3cc(OCCN4CCOCC4)cc(F)c23)cc1)NCCC1CCOCC1. The highest BCUT2D eigenvalue weighted by Crippen LogP contribution is 2.29. The molecule has 5 rings (SSSR count). The number of hydrogen-bond donors (Lipinski definition) is 3. The van der Waals surface area contributed by atoms with Crippen molar-refractivity contribution in [3.63, 3.8) is 0 Å². The average molecular weight is 581 g/mol. The van der Waals surface area contributed by atoms with E-state index in [9.17, 15) is 9.59 Å². The van der Waals surface area contributed by atoms with Crippen molar-refractivity contribution in [3.05, 3.63) is 48.5 Å². The van der Waals surface area contributed by atoms with Crippen LogP contribution in [0.1, 0.15) is 25.7 Å². The van der Waals surface area contributed by atoms with Gasteiger partial charge in [0, 0.05) is 62.9 Å². The molecule has 42 heavy (non-hydrogen) atoms. The molecule has 0 saturated carbocycles. The summed E-state index contributed by atoms with van der Waals surface area (Å²) in [4.78, 5) is 35.2. The van der Waals surface area contributed by atoms with Crippen LogP contribution in [0.3, 0.4) is 0 Å². The van der Waals surface area contributed by atoms with Gasteiger partial charge in [0.2, 0.25) is 11.8 Å². The van der Waals surface area contributed by atoms with Gasteiger partial charge in [-0.1, -0.05) is 0 Å². The molecule has 0 radical (unpaired) electrons. The summed E-state index contributed by atoms with van der Waals surface area (Å²) in [5.74, 6) is 0.0795. The smallest absolute Gasteiger partial charge is 0.233 e. The van der Waals surface area contributed by atoms with Crippen molar-refractivity contribution >= 4 is 39.9 Å². The number of anilines is 3. The largest absolute Gasteiger partial charge is 0.492 e. The van der Waals surface area contributed by atoms with E-state index in [2.05, 4.69) is 30.8 Å². The van der Waals surface area contributed by atoms with Crippen molar-refractivity contribution in [2.24, 2.45) is 5.92 Å². The lowest BCUT2D eigenvalue weighted by atomic mass is 9.97. The molecule has 0 spiro atoms. The Bertz CT molecular complexity index is 1350. The molecular weight excluding hydrogens is 543 g/mol. The molecule has 2 aliphatic rings. The van der Waals surface area contributed by atoms with Gasteiger partial charge in [-0.2, -0.15) is 0 Å². The van der Waals surface area contributed by atoms with Crippen LogP contribution in [0, 0.1) is 11.7 Å². The number of carbonyl (C=O) groups is 2. The van der Waals surface area contributed by atoms with Crippen LogP contribution in [-0.4, -0.2) is 85.9 Å². The minimum Gasteiger partial charge on any atom is -0.492 e. The van der Waals surface area contributed by atoms with E-state index in [0.29, 0.717) is 60.7 Å². The second-order valence-corrected chi connectivity index (χ2v) is 10.4. The van der Waals surface area contributed by atoms with E-state index in [1.54, 1.807) is 30.3 Å². The van der Waals surface area contributed by atoms with Gasteiger partial charge in [0.1, 0.15) is 36.7 Å². The summed E-state index contributed by atoms with van der Waals surface area (Å²) >= 11 is 0. The first-order chi connectivity index (χ1) is 20.5. The van der Waals surface area contributed by atoms with Crippen molar-refractivity contribution in [3.8, 4) is 5.75 Å². The molecule has 2 saturated heterocycles. The maximum Gasteiger partial charge on any atom is 0.233 e. The average Bonchev–Trinajstić information content (AvgIpc) is 2.99. The zero-order valence-corrected chi connectivity index (χ0v) is 23.6. The summed E-state index contributed by atoms with van der Waals surface area (Å²) in [6.07, 6.45) is 4.02. The fourth-order valence-electron chi connectivity index (χ4n) is 5.05. The summed E-state index contributed by atoms with van der Waals surface area (Å²) in [6.45, 7) is 6.42. The van der Waals surface area contributed by atoms with Crippen LogP contribution in [0.15, 0.2) is 42.7 Å². The van der Waals surface area contributed by atoms with Crippen molar-refractivity contribution in [1.29, 1.82) is 0 Å². The second kappa shape index (κ2) is 14.9. The van der Waals surface area contributed by atoms with Gasteiger partial charge in [0.05, 0.1) is 24.1 Å². The van der Waals surface area contributed by atoms with E-state index in [4.69, 9.17) is 14.2 Å². The molecule has 1 aromatic heterocycles. The molecule has 12 heteroatoms. The molecule has 3 aromatic rings. The molecule has 2 amide bonds. The summed E-state index contributed by atoms with van der Waals surface area (Å²) in [5.41, 5.74) is 1.60. The van der Waals surface area contributed by atoms with Crippen molar-refractivity contribution in [1.82, 2.24) is 20.2 Å². The zero-order chi connectivity index (χ0) is 29.1. The number of carbonyl (C=O) groups excluding carboxylic acids is 2. The van der Waals surface area contributed by atoms with Gasteiger partial charge in [0.15, 0.2) is 0 Å². The van der Waals surface area contributed by atoms with Gasteiger partial charge in [-0.15, -0.1) is 0 Å². The Hall–Kier alpha value is -3.87. The summed E-state index contributed by atoms with van der Waals surface area (Å²) in [6, 6.07) is 9.91. The first-order valence-electron chi connectivity index (χ1n) is 14.4. The Morgan fingerprint density at radius 1 is 0.976 bits per heavy atom. The molecule has 11 nitrogen and oxygen atoms in total. The van der Waals surface area contributed by atoms with Gasteiger partial charge in [0.25, 0.3) is 0 Å². The summed E-state index contributed by atoms with van der Waals surface area (Å²) < 4.78 is 31.7. The minimum absolute atomic E-state index is 0.248. The molecular formula is C30H37FN6O5. The van der Waals surface area contributed by atoms with Crippen LogP contribution >= 0.6 is 0 Å². The normalized spacial score (nSPS) is 16.2. The molecule has 2 fully saturated rings. The van der Waals surface area contributed by atoms with Crippen LogP contribution in [0.2, 0.25) is 0 Å². The number of hydrogen-bond acceptors (Lipinski definition) is 9. The van der Waals surface area contributed by atoms with Crippen LogP contribution in [0.25, 0.3) is 10.9 Å². The molecule has 2 aliphatic heterocycles. The van der Waals surface area contributed by atoms with Crippen molar-refractivity contribution in [2.45, 2.75) is 25.7 Å². The van der Waals surface area contributed by atoms with Crippen molar-refractivity contribution < 1.29 is 28.2 Å². The number of ether oxygens (including phenoxy) is 3. The fourth-order valence-corrected chi connectivity index (χ4v) is 5.05. The number of benzene rings is 2. The van der Waals surface area contributed by atoms with Gasteiger partial charge < -0.3 is 30.2 Å². The number of fused-ring (bicyclic) bond motifs is 1. The first-order valence-corrected chi connectivity index (χ1v) is 14.4. The predicted molar refractivity (Wildman–Crippen MR) is 156 cm³/mol. The van der Waals surface area contributed by atoms with Gasteiger partial charge in [-0.05, 0) is 49.4 Å². The van der Waals surface area contributed by atoms with Gasteiger partial charge >= 0.3 is 0 Å².